The van der Waals surface area contributed by atoms with Crippen LogP contribution in [0.25, 0.3) is 0 Å². The number of hydrogen-bond donors (Lipinski definition) is 0. The Labute approximate surface area is 161 Å². The maximum atomic E-state index is 12.9. The number of anilines is 1. The van der Waals surface area contributed by atoms with E-state index >= 15 is 0 Å². The van der Waals surface area contributed by atoms with Gasteiger partial charge in [-0.15, -0.1) is 0 Å². The number of fused-ring (bicyclic) bond motifs is 1. The largest absolute Gasteiger partial charge is 0.416 e. The molecule has 150 valence electrons. The molecule has 0 atom stereocenters. The van der Waals surface area contributed by atoms with Gasteiger partial charge in [-0.2, -0.15) is 13.2 Å². The van der Waals surface area contributed by atoms with Gasteiger partial charge in [0.25, 0.3) is 5.91 Å². The first kappa shape index (κ1) is 18.8. The van der Waals surface area contributed by atoms with Crippen LogP contribution in [0.4, 0.5) is 18.9 Å². The molecule has 2 heterocycles. The quantitative estimate of drug-likeness (QED) is 0.726. The highest BCUT2D eigenvalue weighted by molar-refractivity contribution is 5.94. The summed E-state index contributed by atoms with van der Waals surface area (Å²) in [5.74, 6) is 0.680. The molecule has 2 aliphatic rings. The number of halogens is 3. The first-order valence-corrected chi connectivity index (χ1v) is 9.62. The molecule has 28 heavy (non-hydrogen) atoms. The molecule has 1 aliphatic heterocycles. The van der Waals surface area contributed by atoms with Crippen LogP contribution in [0.5, 0.6) is 0 Å². The van der Waals surface area contributed by atoms with Crippen LogP contribution in [0.2, 0.25) is 0 Å². The van der Waals surface area contributed by atoms with Crippen LogP contribution in [0.1, 0.15) is 46.6 Å². The van der Waals surface area contributed by atoms with Gasteiger partial charge in [-0.1, -0.05) is 17.6 Å². The van der Waals surface area contributed by atoms with E-state index in [0.29, 0.717) is 37.6 Å². The van der Waals surface area contributed by atoms with Crippen molar-refractivity contribution in [2.75, 3.05) is 31.1 Å². The minimum Gasteiger partial charge on any atom is -0.368 e. The van der Waals surface area contributed by atoms with Crippen LogP contribution in [-0.4, -0.2) is 42.1 Å². The Morgan fingerprint density at radius 1 is 1.04 bits per heavy atom. The van der Waals surface area contributed by atoms with Crippen molar-refractivity contribution in [3.63, 3.8) is 0 Å². The molecule has 4 rings (SSSR count). The molecule has 2 aromatic rings. The molecule has 0 unspecified atom stereocenters. The zero-order valence-electron chi connectivity index (χ0n) is 15.5. The fourth-order valence-corrected chi connectivity index (χ4v) is 3.93. The highest BCUT2D eigenvalue weighted by Crippen LogP contribution is 2.32. The first-order valence-electron chi connectivity index (χ1n) is 9.62. The summed E-state index contributed by atoms with van der Waals surface area (Å²) in [7, 11) is 0. The third-order valence-corrected chi connectivity index (χ3v) is 5.51. The molecule has 0 saturated carbocycles. The summed E-state index contributed by atoms with van der Waals surface area (Å²) in [5.41, 5.74) is 1.21. The Bertz CT molecular complexity index is 855. The van der Waals surface area contributed by atoms with E-state index in [4.69, 9.17) is 4.52 Å². The van der Waals surface area contributed by atoms with Crippen LogP contribution in [0.15, 0.2) is 28.8 Å². The number of aryl methyl sites for hydroxylation is 1. The molecule has 1 amide bonds. The Hall–Kier alpha value is -2.51. The SMILES string of the molecule is O=C(c1noc2c1CCCCC2)N1CCN(c2cccc(C(F)(F)F)c2)CC1. The van der Waals surface area contributed by atoms with Crippen molar-refractivity contribution in [1.82, 2.24) is 10.1 Å². The second-order valence-corrected chi connectivity index (χ2v) is 7.32. The zero-order chi connectivity index (χ0) is 19.7. The number of benzene rings is 1. The Balaban J connectivity index is 1.43. The van der Waals surface area contributed by atoms with Gasteiger partial charge in [-0.05, 0) is 37.5 Å². The molecule has 0 bridgehead atoms. The van der Waals surface area contributed by atoms with Crippen molar-refractivity contribution in [2.45, 2.75) is 38.3 Å². The summed E-state index contributed by atoms with van der Waals surface area (Å²) in [5, 5.41) is 4.03. The summed E-state index contributed by atoms with van der Waals surface area (Å²) in [6, 6.07) is 5.32. The number of hydrogen-bond acceptors (Lipinski definition) is 4. The van der Waals surface area contributed by atoms with E-state index in [0.717, 1.165) is 55.6 Å². The van der Waals surface area contributed by atoms with Gasteiger partial charge in [0.05, 0.1) is 5.56 Å². The third-order valence-electron chi connectivity index (χ3n) is 5.51. The number of nitrogens with zero attached hydrogens (tertiary/aromatic N) is 3. The van der Waals surface area contributed by atoms with Crippen LogP contribution in [0, 0.1) is 0 Å². The van der Waals surface area contributed by atoms with E-state index in [-0.39, 0.29) is 5.91 Å². The van der Waals surface area contributed by atoms with E-state index in [1.54, 1.807) is 11.0 Å². The third kappa shape index (κ3) is 3.72. The van der Waals surface area contributed by atoms with Crippen molar-refractivity contribution in [2.24, 2.45) is 0 Å². The van der Waals surface area contributed by atoms with Gasteiger partial charge in [0.2, 0.25) is 0 Å². The monoisotopic (exact) mass is 393 g/mol. The topological polar surface area (TPSA) is 49.6 Å². The van der Waals surface area contributed by atoms with Crippen LogP contribution >= 0.6 is 0 Å². The molecule has 0 spiro atoms. The number of aromatic nitrogens is 1. The number of alkyl halides is 3. The minimum atomic E-state index is -4.36. The lowest BCUT2D eigenvalue weighted by Gasteiger charge is -2.36. The van der Waals surface area contributed by atoms with E-state index in [1.165, 1.54) is 6.07 Å². The van der Waals surface area contributed by atoms with Crippen molar-refractivity contribution >= 4 is 11.6 Å². The molecular formula is C20H22F3N3O2. The van der Waals surface area contributed by atoms with Gasteiger partial charge in [0, 0.05) is 43.9 Å². The fraction of sp³-hybridized carbons (Fsp3) is 0.500. The van der Waals surface area contributed by atoms with Crippen molar-refractivity contribution in [1.29, 1.82) is 0 Å². The zero-order valence-corrected chi connectivity index (χ0v) is 15.5. The molecule has 0 radical (unpaired) electrons. The van der Waals surface area contributed by atoms with Gasteiger partial charge in [-0.3, -0.25) is 4.79 Å². The first-order chi connectivity index (χ1) is 13.4. The van der Waals surface area contributed by atoms with Crippen molar-refractivity contribution in [3.8, 4) is 0 Å². The Kier molecular flexibility index (Phi) is 5.03. The molecule has 5 nitrogen and oxygen atoms in total. The lowest BCUT2D eigenvalue weighted by molar-refractivity contribution is -0.137. The second-order valence-electron chi connectivity index (χ2n) is 7.32. The van der Waals surface area contributed by atoms with Crippen molar-refractivity contribution < 1.29 is 22.5 Å². The Morgan fingerprint density at radius 2 is 1.79 bits per heavy atom. The van der Waals surface area contributed by atoms with Crippen LogP contribution < -0.4 is 4.90 Å². The predicted molar refractivity (Wildman–Crippen MR) is 97.3 cm³/mol. The average molecular weight is 393 g/mol. The lowest BCUT2D eigenvalue weighted by Crippen LogP contribution is -2.49. The molecule has 8 heteroatoms. The maximum absolute atomic E-state index is 12.9. The van der Waals surface area contributed by atoms with E-state index < -0.39 is 11.7 Å². The molecule has 1 aliphatic carbocycles. The number of amides is 1. The fourth-order valence-electron chi connectivity index (χ4n) is 3.93. The van der Waals surface area contributed by atoms with Crippen molar-refractivity contribution in [3.05, 3.63) is 46.8 Å². The molecular weight excluding hydrogens is 371 g/mol. The number of carbonyl (C=O) groups excluding carboxylic acids is 1. The van der Waals surface area contributed by atoms with Gasteiger partial charge < -0.3 is 14.3 Å². The van der Waals surface area contributed by atoms with E-state index in [2.05, 4.69) is 5.16 Å². The van der Waals surface area contributed by atoms with Crippen LogP contribution in [0.3, 0.4) is 0 Å². The molecule has 1 fully saturated rings. The number of carbonyl (C=O) groups is 1. The maximum Gasteiger partial charge on any atom is 0.416 e. The highest BCUT2D eigenvalue weighted by atomic mass is 19.4. The lowest BCUT2D eigenvalue weighted by atomic mass is 10.1. The normalized spacial score (nSPS) is 18.0. The number of rotatable bonds is 2. The van der Waals surface area contributed by atoms with Gasteiger partial charge in [-0.25, -0.2) is 0 Å². The highest BCUT2D eigenvalue weighted by Gasteiger charge is 2.32. The smallest absolute Gasteiger partial charge is 0.368 e. The summed E-state index contributed by atoms with van der Waals surface area (Å²) in [6.07, 6.45) is 0.457. The Morgan fingerprint density at radius 3 is 2.54 bits per heavy atom. The predicted octanol–water partition coefficient (Wildman–Crippen LogP) is 3.92. The second kappa shape index (κ2) is 7.48. The minimum absolute atomic E-state index is 0.143. The standard InChI is InChI=1S/C20H22F3N3O2/c21-20(22,23)14-5-4-6-15(13-14)25-9-11-26(12-10-25)19(27)18-16-7-2-1-3-8-17(16)28-24-18/h4-6,13H,1-3,7-12H2. The van der Waals surface area contributed by atoms with Gasteiger partial charge in [0.15, 0.2) is 5.69 Å². The van der Waals surface area contributed by atoms with E-state index in [1.807, 2.05) is 4.90 Å². The van der Waals surface area contributed by atoms with Gasteiger partial charge in [0.1, 0.15) is 5.76 Å². The molecule has 1 saturated heterocycles. The van der Waals surface area contributed by atoms with Gasteiger partial charge >= 0.3 is 6.18 Å². The average Bonchev–Trinajstić information content (AvgIpc) is 2.95. The molecule has 1 aromatic carbocycles. The van der Waals surface area contributed by atoms with E-state index in [9.17, 15) is 18.0 Å². The summed E-state index contributed by atoms with van der Waals surface area (Å²) < 4.78 is 44.2. The summed E-state index contributed by atoms with van der Waals surface area (Å²) in [4.78, 5) is 16.5. The summed E-state index contributed by atoms with van der Waals surface area (Å²) in [6.45, 7) is 1.84. The number of piperazine rings is 1. The summed E-state index contributed by atoms with van der Waals surface area (Å²) >= 11 is 0. The molecule has 1 aromatic heterocycles. The molecule has 0 N–H and O–H groups in total. The van der Waals surface area contributed by atoms with Crippen LogP contribution in [-0.2, 0) is 19.0 Å².